The van der Waals surface area contributed by atoms with Crippen LogP contribution in [0.2, 0.25) is 0 Å². The number of alkyl halides is 2. The van der Waals surface area contributed by atoms with Crippen LogP contribution >= 0.6 is 21.3 Å². The summed E-state index contributed by atoms with van der Waals surface area (Å²) in [7, 11) is 0. The van der Waals surface area contributed by atoms with Crippen molar-refractivity contribution in [2.24, 2.45) is 3.15 Å². The van der Waals surface area contributed by atoms with Crippen LogP contribution in [0.3, 0.4) is 0 Å². The van der Waals surface area contributed by atoms with Gasteiger partial charge in [-0.05, 0) is 36.8 Å². The van der Waals surface area contributed by atoms with E-state index in [2.05, 4.69) is 23.8 Å². The maximum Gasteiger partial charge on any atom is 0.319 e. The average molecular weight is 562 g/mol. The lowest BCUT2D eigenvalue weighted by atomic mass is 10.0. The fourth-order valence-electron chi connectivity index (χ4n) is 4.15. The van der Waals surface area contributed by atoms with Gasteiger partial charge in [-0.2, -0.15) is 5.10 Å². The van der Waals surface area contributed by atoms with Gasteiger partial charge >= 0.3 is 6.01 Å². The molecule has 2 aliphatic heterocycles. The van der Waals surface area contributed by atoms with E-state index in [9.17, 15) is 8.78 Å². The van der Waals surface area contributed by atoms with Crippen LogP contribution in [-0.4, -0.2) is 31.3 Å². The first kappa shape index (κ1) is 20.3. The van der Waals surface area contributed by atoms with Crippen LogP contribution in [0.25, 0.3) is 17.0 Å². The molecule has 2 aliphatic rings. The normalized spacial score (nSPS) is 18.1. The van der Waals surface area contributed by atoms with E-state index < -0.39 is 33.8 Å². The molecule has 12 heteroatoms. The topological polar surface area (TPSA) is 96.7 Å². The number of aryl methyl sites for hydroxylation is 1. The zero-order chi connectivity index (χ0) is 22.5. The van der Waals surface area contributed by atoms with Crippen LogP contribution in [0.5, 0.6) is 0 Å². The van der Waals surface area contributed by atoms with Crippen LogP contribution in [0.1, 0.15) is 35.7 Å². The largest absolute Gasteiger partial charge is 0.403 e. The maximum atomic E-state index is 13.6. The Morgan fingerprint density at radius 2 is 2.18 bits per heavy atom. The Morgan fingerprint density at radius 3 is 3.03 bits per heavy atom. The Bertz CT molecular complexity index is 1430. The maximum absolute atomic E-state index is 13.6. The predicted molar refractivity (Wildman–Crippen MR) is 124 cm³/mol. The third-order valence-electron chi connectivity index (χ3n) is 5.75. The van der Waals surface area contributed by atoms with E-state index in [1.54, 1.807) is 30.7 Å². The molecule has 0 spiro atoms. The SMILES string of the molecule is Cc1cnccc1-c1nnc(N2CCC3=C(N=IN3)[C@H]2c2cc3c(C(F)F)cccn3n2)o1. The standard InChI is InChI=1S/C21H17F2IN8O/c1-11-10-25-6-4-12(11)20-28-29-21(33-20)31-8-5-14-17(27-24-26-14)18(31)15-9-16-13(19(22)23)3-2-7-32(16)30-15/h2-4,6-7,9-10,18-19H,5,8H2,1H3,(H,26,27)/t18-/m1/s1. The van der Waals surface area contributed by atoms with Crippen molar-refractivity contribution in [1.29, 1.82) is 0 Å². The minimum atomic E-state index is -2.60. The lowest BCUT2D eigenvalue weighted by Crippen LogP contribution is -2.36. The van der Waals surface area contributed by atoms with Crippen LogP contribution in [0.15, 0.2) is 61.8 Å². The Kier molecular flexibility index (Phi) is 4.89. The van der Waals surface area contributed by atoms with Gasteiger partial charge in [0.25, 0.3) is 6.43 Å². The molecular formula is C21H17F2IN8O. The van der Waals surface area contributed by atoms with Gasteiger partial charge in [0.15, 0.2) is 0 Å². The fraction of sp³-hybridized carbons (Fsp3) is 0.238. The number of pyridine rings is 2. The van der Waals surface area contributed by atoms with Crippen molar-refractivity contribution in [3.05, 3.63) is 71.1 Å². The zero-order valence-electron chi connectivity index (χ0n) is 17.3. The van der Waals surface area contributed by atoms with E-state index in [4.69, 9.17) is 7.56 Å². The molecular weight excluding hydrogens is 545 g/mol. The Hall–Kier alpha value is -3.29. The molecule has 6 rings (SSSR count). The first-order chi connectivity index (χ1) is 16.1. The van der Waals surface area contributed by atoms with Crippen molar-refractivity contribution in [2.45, 2.75) is 25.8 Å². The summed E-state index contributed by atoms with van der Waals surface area (Å²) in [5.74, 6) is 0.396. The number of nitrogens with one attached hydrogen (secondary N) is 1. The summed E-state index contributed by atoms with van der Waals surface area (Å²) in [6, 6.07) is 6.44. The molecule has 0 radical (unpaired) electrons. The third-order valence-corrected chi connectivity index (χ3v) is 7.40. The molecule has 0 unspecified atom stereocenters. The molecule has 0 aliphatic carbocycles. The molecule has 0 bridgehead atoms. The lowest BCUT2D eigenvalue weighted by molar-refractivity contribution is 0.152. The van der Waals surface area contributed by atoms with E-state index >= 15 is 0 Å². The lowest BCUT2D eigenvalue weighted by Gasteiger charge is -2.32. The van der Waals surface area contributed by atoms with Crippen molar-refractivity contribution in [2.75, 3.05) is 11.4 Å². The smallest absolute Gasteiger partial charge is 0.319 e. The van der Waals surface area contributed by atoms with Crippen LogP contribution in [0.4, 0.5) is 14.8 Å². The molecule has 0 aromatic carbocycles. The van der Waals surface area contributed by atoms with E-state index in [0.29, 0.717) is 29.7 Å². The predicted octanol–water partition coefficient (Wildman–Crippen LogP) is 4.86. The van der Waals surface area contributed by atoms with Crippen LogP contribution in [0, 0.1) is 6.92 Å². The first-order valence-electron chi connectivity index (χ1n) is 10.2. The number of anilines is 1. The highest BCUT2D eigenvalue weighted by molar-refractivity contribution is 14.1. The zero-order valence-corrected chi connectivity index (χ0v) is 19.4. The summed E-state index contributed by atoms with van der Waals surface area (Å²) in [5.41, 5.74) is 4.57. The van der Waals surface area contributed by atoms with Gasteiger partial charge in [0.2, 0.25) is 5.89 Å². The minimum Gasteiger partial charge on any atom is -0.403 e. The van der Waals surface area contributed by atoms with Gasteiger partial charge in [0, 0.05) is 48.4 Å². The molecule has 0 amide bonds. The summed E-state index contributed by atoms with van der Waals surface area (Å²) in [5, 5.41) is 13.2. The summed E-state index contributed by atoms with van der Waals surface area (Å²) >= 11 is -0.551. The number of aromatic nitrogens is 5. The first-order valence-corrected chi connectivity index (χ1v) is 12.2. The second-order valence-electron chi connectivity index (χ2n) is 7.72. The van der Waals surface area contributed by atoms with Crippen LogP contribution < -0.4 is 8.43 Å². The van der Waals surface area contributed by atoms with E-state index in [-0.39, 0.29) is 5.56 Å². The van der Waals surface area contributed by atoms with Gasteiger partial charge in [-0.1, -0.05) is 5.10 Å². The molecule has 0 saturated carbocycles. The molecule has 33 heavy (non-hydrogen) atoms. The van der Waals surface area contributed by atoms with Crippen molar-refractivity contribution in [1.82, 2.24) is 28.3 Å². The molecule has 0 saturated heterocycles. The molecule has 6 heterocycles. The molecule has 4 aromatic rings. The minimum absolute atomic E-state index is 0.0602. The molecule has 168 valence electrons. The summed E-state index contributed by atoms with van der Waals surface area (Å²) < 4.78 is 42.9. The Labute approximate surface area is 197 Å². The highest BCUT2D eigenvalue weighted by atomic mass is 127. The Balaban J connectivity index is 1.46. The monoisotopic (exact) mass is 562 g/mol. The average Bonchev–Trinajstić information content (AvgIpc) is 3.56. The molecule has 1 atom stereocenters. The van der Waals surface area contributed by atoms with Gasteiger partial charge in [-0.15, -0.1) is 5.10 Å². The van der Waals surface area contributed by atoms with Crippen molar-refractivity contribution in [3.63, 3.8) is 0 Å². The fourth-order valence-corrected chi connectivity index (χ4v) is 5.92. The molecule has 9 nitrogen and oxygen atoms in total. The highest BCUT2D eigenvalue weighted by Crippen LogP contribution is 2.43. The summed E-state index contributed by atoms with van der Waals surface area (Å²) in [6.07, 6.45) is 3.24. The van der Waals surface area contributed by atoms with E-state index in [1.807, 2.05) is 17.9 Å². The van der Waals surface area contributed by atoms with Gasteiger partial charge in [0.05, 0.1) is 16.9 Å². The molecule has 0 fully saturated rings. The molecule has 4 aromatic heterocycles. The second-order valence-corrected chi connectivity index (χ2v) is 9.22. The van der Waals surface area contributed by atoms with Gasteiger partial charge < -0.3 is 12.8 Å². The quantitative estimate of drug-likeness (QED) is 0.280. The van der Waals surface area contributed by atoms with Crippen molar-refractivity contribution >= 4 is 32.8 Å². The Morgan fingerprint density at radius 1 is 1.27 bits per heavy atom. The summed E-state index contributed by atoms with van der Waals surface area (Å²) in [4.78, 5) is 6.06. The van der Waals surface area contributed by atoms with Gasteiger partial charge in [-0.3, -0.25) is 4.98 Å². The van der Waals surface area contributed by atoms with Crippen molar-refractivity contribution in [3.8, 4) is 11.5 Å². The van der Waals surface area contributed by atoms with E-state index in [1.165, 1.54) is 10.6 Å². The van der Waals surface area contributed by atoms with Crippen LogP contribution in [-0.2, 0) is 0 Å². The van der Waals surface area contributed by atoms with Gasteiger partial charge in [-0.25, -0.2) is 16.4 Å². The number of nitrogens with zero attached hydrogens (tertiary/aromatic N) is 7. The number of rotatable bonds is 4. The highest BCUT2D eigenvalue weighted by Gasteiger charge is 2.38. The van der Waals surface area contributed by atoms with E-state index in [0.717, 1.165) is 28.9 Å². The molecule has 1 N–H and O–H groups in total. The second kappa shape index (κ2) is 7.93. The number of hydrogen-bond acceptors (Lipinski definition) is 8. The number of fused-ring (bicyclic) bond motifs is 1. The summed E-state index contributed by atoms with van der Waals surface area (Å²) in [6.45, 7) is 2.53. The van der Waals surface area contributed by atoms with Crippen molar-refractivity contribution < 1.29 is 13.2 Å². The third kappa shape index (κ3) is 3.39. The van der Waals surface area contributed by atoms with Gasteiger partial charge in [0.1, 0.15) is 27.3 Å². The number of hydrogen-bond donors (Lipinski definition) is 1. The number of halogens is 3.